The molecule has 0 bridgehead atoms. The summed E-state index contributed by atoms with van der Waals surface area (Å²) < 4.78 is 0. The first kappa shape index (κ1) is 21.3. The largest absolute Gasteiger partial charge is 0.383 e. The molecule has 0 unspecified atom stereocenters. The van der Waals surface area contributed by atoms with Gasteiger partial charge >= 0.3 is 0 Å². The molecule has 4 rings (SSSR count). The zero-order chi connectivity index (χ0) is 21.8. The Morgan fingerprint density at radius 1 is 0.839 bits per heavy atom. The fraction of sp³-hybridized carbons (Fsp3) is 0.280. The number of rotatable bonds is 8. The van der Waals surface area contributed by atoms with E-state index in [-0.39, 0.29) is 0 Å². The van der Waals surface area contributed by atoms with Gasteiger partial charge in [0.25, 0.3) is 0 Å². The third-order valence-electron chi connectivity index (χ3n) is 5.62. The fourth-order valence-electron chi connectivity index (χ4n) is 3.79. The number of pyridine rings is 2. The predicted octanol–water partition coefficient (Wildman–Crippen LogP) is 5.22. The number of hydrogen-bond acceptors (Lipinski definition) is 5. The van der Waals surface area contributed by atoms with Crippen molar-refractivity contribution in [1.82, 2.24) is 14.9 Å². The molecule has 5 nitrogen and oxygen atoms in total. The molecule has 31 heavy (non-hydrogen) atoms. The summed E-state index contributed by atoms with van der Waals surface area (Å²) in [5.41, 5.74) is 5.50. The summed E-state index contributed by atoms with van der Waals surface area (Å²) in [6, 6.07) is 16.4. The van der Waals surface area contributed by atoms with Crippen LogP contribution < -0.4 is 10.2 Å². The van der Waals surface area contributed by atoms with Crippen molar-refractivity contribution in [2.45, 2.75) is 6.92 Å². The third-order valence-corrected chi connectivity index (χ3v) is 5.85. The van der Waals surface area contributed by atoms with Gasteiger partial charge in [-0.05, 0) is 55.9 Å². The molecule has 0 radical (unpaired) electrons. The first-order valence-electron chi connectivity index (χ1n) is 10.5. The Kier molecular flexibility index (Phi) is 6.54. The Balaban J connectivity index is 1.31. The topological polar surface area (TPSA) is 44.3 Å². The maximum atomic E-state index is 6.12. The summed E-state index contributed by atoms with van der Waals surface area (Å²) in [5.74, 6) is 0. The first-order valence-corrected chi connectivity index (χ1v) is 10.9. The van der Waals surface area contributed by atoms with Crippen LogP contribution in [0.4, 0.5) is 11.4 Å². The number of fused-ring (bicyclic) bond motifs is 2. The Morgan fingerprint density at radius 3 is 2.42 bits per heavy atom. The van der Waals surface area contributed by atoms with E-state index in [1.807, 2.05) is 36.7 Å². The number of hydrogen-bond donors (Lipinski definition) is 1. The van der Waals surface area contributed by atoms with Gasteiger partial charge in [0.1, 0.15) is 0 Å². The number of aromatic nitrogens is 2. The zero-order valence-corrected chi connectivity index (χ0v) is 19.0. The monoisotopic (exact) mass is 433 g/mol. The summed E-state index contributed by atoms with van der Waals surface area (Å²) in [4.78, 5) is 13.5. The molecule has 0 saturated carbocycles. The van der Waals surface area contributed by atoms with E-state index in [2.05, 4.69) is 70.4 Å². The number of benzene rings is 2. The van der Waals surface area contributed by atoms with Crippen molar-refractivity contribution in [3.63, 3.8) is 0 Å². The van der Waals surface area contributed by atoms with Gasteiger partial charge in [-0.3, -0.25) is 9.97 Å². The van der Waals surface area contributed by atoms with Gasteiger partial charge in [-0.2, -0.15) is 0 Å². The van der Waals surface area contributed by atoms with Gasteiger partial charge in [0.2, 0.25) is 0 Å². The Labute approximate surface area is 188 Å². The minimum atomic E-state index is 0.712. The number of halogens is 1. The van der Waals surface area contributed by atoms with E-state index < -0.39 is 0 Å². The lowest BCUT2D eigenvalue weighted by molar-refractivity contribution is 0.355. The predicted molar refractivity (Wildman–Crippen MR) is 132 cm³/mol. The molecule has 6 heteroatoms. The Hall–Kier alpha value is -2.89. The van der Waals surface area contributed by atoms with Crippen molar-refractivity contribution in [2.24, 2.45) is 0 Å². The average Bonchev–Trinajstić information content (AvgIpc) is 2.76. The van der Waals surface area contributed by atoms with E-state index in [0.29, 0.717) is 5.02 Å². The van der Waals surface area contributed by atoms with Crippen LogP contribution in [0.2, 0.25) is 5.02 Å². The molecule has 0 fully saturated rings. The zero-order valence-electron chi connectivity index (χ0n) is 18.3. The number of aryl methyl sites for hydroxylation is 1. The van der Waals surface area contributed by atoms with Crippen LogP contribution >= 0.6 is 11.6 Å². The lowest BCUT2D eigenvalue weighted by Crippen LogP contribution is -2.33. The molecule has 0 spiro atoms. The van der Waals surface area contributed by atoms with E-state index in [9.17, 15) is 0 Å². The molecule has 1 N–H and O–H groups in total. The molecule has 0 amide bonds. The lowest BCUT2D eigenvalue weighted by Gasteiger charge is -2.25. The van der Waals surface area contributed by atoms with E-state index in [1.165, 1.54) is 16.6 Å². The van der Waals surface area contributed by atoms with Crippen LogP contribution in [0.3, 0.4) is 0 Å². The Bertz CT molecular complexity index is 1190. The fourth-order valence-corrected chi connectivity index (χ4v) is 3.95. The van der Waals surface area contributed by atoms with Crippen molar-refractivity contribution in [3.8, 4) is 0 Å². The van der Waals surface area contributed by atoms with Gasteiger partial charge < -0.3 is 15.1 Å². The quantitative estimate of drug-likeness (QED) is 0.412. The second-order valence-electron chi connectivity index (χ2n) is 8.02. The van der Waals surface area contributed by atoms with Crippen molar-refractivity contribution in [2.75, 3.05) is 50.5 Å². The van der Waals surface area contributed by atoms with Gasteiger partial charge in [-0.25, -0.2) is 0 Å². The number of likely N-dealkylation sites (N-methyl/N-ethyl adjacent to an activating group) is 2. The molecule has 2 aromatic carbocycles. The minimum absolute atomic E-state index is 0.712. The van der Waals surface area contributed by atoms with Gasteiger partial charge in [0, 0.05) is 72.8 Å². The maximum absolute atomic E-state index is 6.12. The number of nitrogens with one attached hydrogen (secondary N) is 1. The minimum Gasteiger partial charge on any atom is -0.383 e. The summed E-state index contributed by atoms with van der Waals surface area (Å²) in [5, 5.41) is 6.57. The molecular weight excluding hydrogens is 406 g/mol. The third kappa shape index (κ3) is 5.06. The highest BCUT2D eigenvalue weighted by Crippen LogP contribution is 2.26. The van der Waals surface area contributed by atoms with Crippen molar-refractivity contribution >= 4 is 44.8 Å². The molecule has 0 aliphatic rings. The van der Waals surface area contributed by atoms with Crippen LogP contribution in [0.15, 0.2) is 60.9 Å². The molecule has 2 heterocycles. The smallest absolute Gasteiger partial charge is 0.0737 e. The molecular formula is C25H28ClN5. The normalized spacial score (nSPS) is 11.4. The van der Waals surface area contributed by atoms with Crippen molar-refractivity contribution in [1.29, 1.82) is 0 Å². The molecule has 2 aromatic heterocycles. The van der Waals surface area contributed by atoms with Crippen LogP contribution in [0.1, 0.15) is 5.56 Å². The summed E-state index contributed by atoms with van der Waals surface area (Å²) >= 11 is 6.12. The molecule has 0 saturated heterocycles. The van der Waals surface area contributed by atoms with E-state index >= 15 is 0 Å². The number of anilines is 2. The lowest BCUT2D eigenvalue weighted by atomic mass is 10.1. The molecule has 0 aliphatic heterocycles. The highest BCUT2D eigenvalue weighted by Gasteiger charge is 2.09. The Morgan fingerprint density at radius 2 is 1.58 bits per heavy atom. The summed E-state index contributed by atoms with van der Waals surface area (Å²) in [6.07, 6.45) is 3.72. The van der Waals surface area contributed by atoms with Crippen LogP contribution in [-0.2, 0) is 0 Å². The van der Waals surface area contributed by atoms with Gasteiger partial charge in [0.15, 0.2) is 0 Å². The molecule has 160 valence electrons. The van der Waals surface area contributed by atoms with Crippen LogP contribution in [0.5, 0.6) is 0 Å². The van der Waals surface area contributed by atoms with E-state index in [4.69, 9.17) is 11.6 Å². The van der Waals surface area contributed by atoms with Gasteiger partial charge in [-0.15, -0.1) is 0 Å². The second kappa shape index (κ2) is 9.50. The van der Waals surface area contributed by atoms with E-state index in [0.717, 1.165) is 48.3 Å². The maximum Gasteiger partial charge on any atom is 0.0737 e. The SMILES string of the molecule is Cc1ccc2c(NCCN(C)CCN(C)c3ccnc4cc(Cl)ccc34)ccnc2c1. The second-order valence-corrected chi connectivity index (χ2v) is 8.46. The van der Waals surface area contributed by atoms with Crippen molar-refractivity contribution < 1.29 is 0 Å². The highest BCUT2D eigenvalue weighted by atomic mass is 35.5. The first-order chi connectivity index (χ1) is 15.0. The molecule has 0 aliphatic carbocycles. The average molecular weight is 434 g/mol. The number of nitrogens with zero attached hydrogens (tertiary/aromatic N) is 4. The standard InChI is InChI=1S/C25H28ClN5/c1-18-4-6-20-22(8-10-27-23(20)16-18)29-12-13-30(2)14-15-31(3)25-9-11-28-24-17-19(26)5-7-21(24)25/h4-11,16-17H,12-15H2,1-3H3,(H,27,29). The molecule has 0 atom stereocenters. The summed E-state index contributed by atoms with van der Waals surface area (Å²) in [6.45, 7) is 5.82. The van der Waals surface area contributed by atoms with Crippen LogP contribution in [0.25, 0.3) is 21.8 Å². The highest BCUT2D eigenvalue weighted by molar-refractivity contribution is 6.31. The summed E-state index contributed by atoms with van der Waals surface area (Å²) in [7, 11) is 4.29. The van der Waals surface area contributed by atoms with Gasteiger partial charge in [0.05, 0.1) is 11.0 Å². The van der Waals surface area contributed by atoms with E-state index in [1.54, 1.807) is 0 Å². The van der Waals surface area contributed by atoms with Crippen LogP contribution in [0, 0.1) is 6.92 Å². The van der Waals surface area contributed by atoms with Crippen molar-refractivity contribution in [3.05, 3.63) is 71.5 Å². The van der Waals surface area contributed by atoms with Gasteiger partial charge in [-0.1, -0.05) is 23.7 Å². The molecule has 4 aromatic rings. The van der Waals surface area contributed by atoms with Crippen LogP contribution in [-0.4, -0.2) is 55.1 Å².